The summed E-state index contributed by atoms with van der Waals surface area (Å²) >= 11 is 0. The molecule has 0 saturated heterocycles. The minimum atomic E-state index is -3.70. The summed E-state index contributed by atoms with van der Waals surface area (Å²) in [5.41, 5.74) is -1.33. The van der Waals surface area contributed by atoms with E-state index < -0.39 is 44.6 Å². The molecule has 0 amide bonds. The molecule has 0 unspecified atom stereocenters. The molecule has 0 spiro atoms. The summed E-state index contributed by atoms with van der Waals surface area (Å²) in [6.45, 7) is 1.65. The van der Waals surface area contributed by atoms with Crippen LogP contribution in [0.4, 0.5) is 0 Å². The third-order valence-electron chi connectivity index (χ3n) is 2.03. The molecule has 7 nitrogen and oxygen atoms in total. The van der Waals surface area contributed by atoms with Crippen LogP contribution in [0.25, 0.3) is 0 Å². The Hall–Kier alpha value is -0.510. The number of hydrogen-bond donors (Lipinski definition) is 0. The molecule has 0 aromatic carbocycles. The van der Waals surface area contributed by atoms with E-state index in [1.165, 1.54) is 13.8 Å². The predicted octanol–water partition coefficient (Wildman–Crippen LogP) is -0.466. The van der Waals surface area contributed by atoms with Crippen LogP contribution in [0, 0.1) is 5.41 Å². The van der Waals surface area contributed by atoms with Gasteiger partial charge in [-0.15, -0.1) is 0 Å². The Bertz CT molecular complexity index is 438. The number of ketones is 1. The molecule has 0 bridgehead atoms. The number of rotatable bonds is 7. The number of Topliss-reactive ketones (excluding diaryl/α,β-unsaturated/α-hetero) is 1. The average Bonchev–Trinajstić information content (AvgIpc) is 2.09. The Balaban J connectivity index is 4.75. The molecule has 0 atom stereocenters. The van der Waals surface area contributed by atoms with Gasteiger partial charge in [0.25, 0.3) is 20.2 Å². The molecule has 0 aromatic heterocycles. The van der Waals surface area contributed by atoms with Gasteiger partial charge in [-0.25, -0.2) is 0 Å². The maximum Gasteiger partial charge on any atom is 0.264 e. The quantitative estimate of drug-likeness (QED) is 0.583. The van der Waals surface area contributed by atoms with Crippen molar-refractivity contribution in [2.45, 2.75) is 13.8 Å². The van der Waals surface area contributed by atoms with Crippen LogP contribution in [0.2, 0.25) is 0 Å². The highest BCUT2D eigenvalue weighted by Crippen LogP contribution is 2.20. The largest absolute Gasteiger partial charge is 0.299 e. The molecule has 0 aliphatic carbocycles. The van der Waals surface area contributed by atoms with Crippen LogP contribution in [-0.4, -0.2) is 48.3 Å². The zero-order chi connectivity index (χ0) is 13.9. The molecule has 17 heavy (non-hydrogen) atoms. The fourth-order valence-corrected chi connectivity index (χ4v) is 1.67. The molecule has 0 saturated carbocycles. The molecule has 0 rings (SSSR count). The summed E-state index contributed by atoms with van der Waals surface area (Å²) in [7, 11) is -7.40. The van der Waals surface area contributed by atoms with E-state index in [4.69, 9.17) is 0 Å². The van der Waals surface area contributed by atoms with Crippen LogP contribution < -0.4 is 0 Å². The van der Waals surface area contributed by atoms with Gasteiger partial charge in [-0.3, -0.25) is 13.2 Å². The highest BCUT2D eigenvalue weighted by atomic mass is 32.2. The molecule has 0 heterocycles. The normalized spacial score (nSPS) is 13.6. The van der Waals surface area contributed by atoms with Crippen molar-refractivity contribution in [1.29, 1.82) is 0 Å². The molecule has 9 heteroatoms. The second-order valence-electron chi connectivity index (χ2n) is 4.05. The predicted molar refractivity (Wildman–Crippen MR) is 60.4 cm³/mol. The zero-order valence-electron chi connectivity index (χ0n) is 10.1. The number of carbonyl (C=O) groups is 1. The SMILES string of the molecule is CC(=O)C(C)(COS(C)(=O)=O)COS(C)(=O)=O. The van der Waals surface area contributed by atoms with Gasteiger partial charge in [0.2, 0.25) is 0 Å². The third kappa shape index (κ3) is 7.42. The number of hydrogen-bond acceptors (Lipinski definition) is 7. The molecular formula is C8H16O7S2. The smallest absolute Gasteiger partial charge is 0.264 e. The highest BCUT2D eigenvalue weighted by molar-refractivity contribution is 7.86. The first-order chi connectivity index (χ1) is 7.36. The summed E-state index contributed by atoms with van der Waals surface area (Å²) in [4.78, 5) is 11.3. The van der Waals surface area contributed by atoms with Gasteiger partial charge < -0.3 is 0 Å². The van der Waals surface area contributed by atoms with Crippen LogP contribution in [0.15, 0.2) is 0 Å². The minimum absolute atomic E-state index is 0.426. The first-order valence-corrected chi connectivity index (χ1v) is 8.19. The lowest BCUT2D eigenvalue weighted by Gasteiger charge is -2.24. The Labute approximate surface area is 101 Å². The molecule has 0 aromatic rings. The van der Waals surface area contributed by atoms with Gasteiger partial charge in [0.1, 0.15) is 5.78 Å². The van der Waals surface area contributed by atoms with Crippen LogP contribution in [-0.2, 0) is 33.4 Å². The van der Waals surface area contributed by atoms with E-state index in [-0.39, 0.29) is 0 Å². The van der Waals surface area contributed by atoms with Gasteiger partial charge in [0.15, 0.2) is 0 Å². The van der Waals surface area contributed by atoms with E-state index in [2.05, 4.69) is 8.37 Å². The van der Waals surface area contributed by atoms with Crippen molar-refractivity contribution in [2.24, 2.45) is 5.41 Å². The molecule has 0 aliphatic rings. The van der Waals surface area contributed by atoms with E-state index in [0.717, 1.165) is 12.5 Å². The molecule has 102 valence electrons. The van der Waals surface area contributed by atoms with Crippen molar-refractivity contribution in [3.05, 3.63) is 0 Å². The monoisotopic (exact) mass is 288 g/mol. The lowest BCUT2D eigenvalue weighted by molar-refractivity contribution is -0.128. The molecule has 0 radical (unpaired) electrons. The van der Waals surface area contributed by atoms with Crippen LogP contribution in [0.3, 0.4) is 0 Å². The van der Waals surface area contributed by atoms with E-state index in [1.807, 2.05) is 0 Å². The van der Waals surface area contributed by atoms with Crippen molar-refractivity contribution >= 4 is 26.0 Å². The Morgan fingerprint density at radius 1 is 1.00 bits per heavy atom. The van der Waals surface area contributed by atoms with Gasteiger partial charge in [-0.1, -0.05) is 0 Å². The Kier molecular flexibility index (Phi) is 5.26. The molecular weight excluding hydrogens is 272 g/mol. The van der Waals surface area contributed by atoms with E-state index in [9.17, 15) is 21.6 Å². The molecule has 0 fully saturated rings. The summed E-state index contributed by atoms with van der Waals surface area (Å²) in [5.74, 6) is -0.426. The Morgan fingerprint density at radius 3 is 1.47 bits per heavy atom. The maximum absolute atomic E-state index is 11.3. The van der Waals surface area contributed by atoms with E-state index in [0.29, 0.717) is 0 Å². The molecule has 0 N–H and O–H groups in total. The van der Waals surface area contributed by atoms with Gasteiger partial charge in [0.05, 0.1) is 31.1 Å². The Morgan fingerprint density at radius 2 is 1.29 bits per heavy atom. The van der Waals surface area contributed by atoms with Crippen molar-refractivity contribution < 1.29 is 30.0 Å². The minimum Gasteiger partial charge on any atom is -0.299 e. The maximum atomic E-state index is 11.3. The summed E-state index contributed by atoms with van der Waals surface area (Å²) in [6.07, 6.45) is 1.68. The fourth-order valence-electron chi connectivity index (χ4n) is 0.719. The average molecular weight is 288 g/mol. The van der Waals surface area contributed by atoms with Crippen LogP contribution >= 0.6 is 0 Å². The lowest BCUT2D eigenvalue weighted by Crippen LogP contribution is -2.37. The topological polar surface area (TPSA) is 104 Å². The van der Waals surface area contributed by atoms with Gasteiger partial charge in [0, 0.05) is 0 Å². The fraction of sp³-hybridized carbons (Fsp3) is 0.875. The van der Waals surface area contributed by atoms with Gasteiger partial charge >= 0.3 is 0 Å². The summed E-state index contributed by atoms with van der Waals surface area (Å²) in [6, 6.07) is 0. The molecule has 0 aliphatic heterocycles. The second-order valence-corrected chi connectivity index (χ2v) is 7.34. The van der Waals surface area contributed by atoms with Crippen molar-refractivity contribution in [3.8, 4) is 0 Å². The van der Waals surface area contributed by atoms with Gasteiger partial charge in [-0.2, -0.15) is 16.8 Å². The first-order valence-electron chi connectivity index (χ1n) is 4.56. The summed E-state index contributed by atoms with van der Waals surface area (Å²) in [5, 5.41) is 0. The van der Waals surface area contributed by atoms with E-state index >= 15 is 0 Å². The summed E-state index contributed by atoms with van der Waals surface area (Å²) < 4.78 is 52.2. The third-order valence-corrected chi connectivity index (χ3v) is 3.13. The van der Waals surface area contributed by atoms with Crippen molar-refractivity contribution in [2.75, 3.05) is 25.7 Å². The van der Waals surface area contributed by atoms with Crippen molar-refractivity contribution in [1.82, 2.24) is 0 Å². The standard InChI is InChI=1S/C8H16O7S2/c1-7(9)8(2,5-14-16(3,10)11)6-15-17(4,12)13/h5-6H2,1-4H3. The van der Waals surface area contributed by atoms with E-state index in [1.54, 1.807) is 0 Å². The zero-order valence-corrected chi connectivity index (χ0v) is 11.7. The van der Waals surface area contributed by atoms with Gasteiger partial charge in [-0.05, 0) is 13.8 Å². The lowest BCUT2D eigenvalue weighted by atomic mass is 9.89. The second kappa shape index (κ2) is 5.42. The van der Waals surface area contributed by atoms with Crippen LogP contribution in [0.1, 0.15) is 13.8 Å². The van der Waals surface area contributed by atoms with Crippen LogP contribution in [0.5, 0.6) is 0 Å². The highest BCUT2D eigenvalue weighted by Gasteiger charge is 2.33. The van der Waals surface area contributed by atoms with Crippen molar-refractivity contribution in [3.63, 3.8) is 0 Å². The first kappa shape index (κ1) is 16.5. The number of carbonyl (C=O) groups excluding carboxylic acids is 1.